The second kappa shape index (κ2) is 12.2. The molecule has 0 saturated heterocycles. The van der Waals surface area contributed by atoms with Crippen LogP contribution in [0.5, 0.6) is 23.0 Å². The molecule has 8 heteroatoms. The summed E-state index contributed by atoms with van der Waals surface area (Å²) >= 11 is 0. The molecule has 0 spiro atoms. The number of ether oxygens (including phenoxy) is 4. The molecule has 3 aromatic rings. The second-order valence-corrected chi connectivity index (χ2v) is 8.86. The van der Waals surface area contributed by atoms with Crippen LogP contribution in [0.25, 0.3) is 0 Å². The first kappa shape index (κ1) is 26.6. The second-order valence-electron chi connectivity index (χ2n) is 8.86. The number of carbonyl (C=O) groups excluding carboxylic acids is 1. The van der Waals surface area contributed by atoms with Gasteiger partial charge in [-0.1, -0.05) is 50.1 Å². The summed E-state index contributed by atoms with van der Waals surface area (Å²) in [6.07, 6.45) is 2.16. The first-order valence-corrected chi connectivity index (χ1v) is 12.5. The molecule has 4 rings (SSSR count). The van der Waals surface area contributed by atoms with Crippen molar-refractivity contribution in [1.29, 1.82) is 5.26 Å². The SMILES string of the molecule is CCCCCOc1ccc(C2C(C#N)=C(N)Oc3cc(OC(=O)C(C)Oc4ccccc4F)ccc32)cc1. The third-order valence-corrected chi connectivity index (χ3v) is 6.11. The minimum Gasteiger partial charge on any atom is -0.494 e. The highest BCUT2D eigenvalue weighted by Crippen LogP contribution is 2.43. The van der Waals surface area contributed by atoms with E-state index < -0.39 is 23.8 Å². The summed E-state index contributed by atoms with van der Waals surface area (Å²) in [6, 6.07) is 20.4. The van der Waals surface area contributed by atoms with Crippen molar-refractivity contribution >= 4 is 5.97 Å². The quantitative estimate of drug-likeness (QED) is 0.201. The van der Waals surface area contributed by atoms with Crippen molar-refractivity contribution in [2.75, 3.05) is 6.61 Å². The number of allylic oxidation sites excluding steroid dienone is 1. The molecule has 1 aliphatic rings. The van der Waals surface area contributed by atoms with Crippen LogP contribution in [-0.4, -0.2) is 18.7 Å². The molecule has 0 amide bonds. The van der Waals surface area contributed by atoms with Crippen LogP contribution in [0.2, 0.25) is 0 Å². The number of halogens is 1. The largest absolute Gasteiger partial charge is 0.494 e. The fourth-order valence-corrected chi connectivity index (χ4v) is 4.12. The van der Waals surface area contributed by atoms with E-state index in [0.29, 0.717) is 17.9 Å². The van der Waals surface area contributed by atoms with Gasteiger partial charge in [-0.2, -0.15) is 5.26 Å². The highest BCUT2D eigenvalue weighted by molar-refractivity contribution is 5.77. The van der Waals surface area contributed by atoms with Crippen molar-refractivity contribution in [2.24, 2.45) is 5.73 Å². The zero-order valence-electron chi connectivity index (χ0n) is 21.3. The molecule has 3 aromatic carbocycles. The van der Waals surface area contributed by atoms with Gasteiger partial charge in [-0.3, -0.25) is 0 Å². The fourth-order valence-electron chi connectivity index (χ4n) is 4.12. The van der Waals surface area contributed by atoms with Gasteiger partial charge in [0.15, 0.2) is 17.7 Å². The number of esters is 1. The maximum Gasteiger partial charge on any atom is 0.352 e. The molecule has 0 radical (unpaired) electrons. The van der Waals surface area contributed by atoms with Crippen LogP contribution in [0.1, 0.15) is 50.2 Å². The number of rotatable bonds is 10. The van der Waals surface area contributed by atoms with Gasteiger partial charge in [-0.15, -0.1) is 0 Å². The summed E-state index contributed by atoms with van der Waals surface area (Å²) in [6.45, 7) is 4.26. The van der Waals surface area contributed by atoms with Crippen molar-refractivity contribution in [1.82, 2.24) is 0 Å². The number of benzene rings is 3. The Hall–Kier alpha value is -4.51. The van der Waals surface area contributed by atoms with Crippen molar-refractivity contribution in [2.45, 2.75) is 45.1 Å². The molecule has 0 saturated carbocycles. The Morgan fingerprint density at radius 2 is 1.84 bits per heavy atom. The molecule has 7 nitrogen and oxygen atoms in total. The Labute approximate surface area is 221 Å². The number of para-hydroxylation sites is 1. The number of hydrogen-bond donors (Lipinski definition) is 1. The van der Waals surface area contributed by atoms with Crippen LogP contribution in [0, 0.1) is 17.1 Å². The molecule has 2 atom stereocenters. The lowest BCUT2D eigenvalue weighted by atomic mass is 9.83. The molecule has 196 valence electrons. The van der Waals surface area contributed by atoms with Gasteiger partial charge < -0.3 is 24.7 Å². The molecule has 2 unspecified atom stereocenters. The summed E-state index contributed by atoms with van der Waals surface area (Å²) in [5.41, 5.74) is 7.92. The van der Waals surface area contributed by atoms with Gasteiger partial charge in [-0.05, 0) is 49.2 Å². The lowest BCUT2D eigenvalue weighted by molar-refractivity contribution is -0.141. The standard InChI is InChI=1S/C30H29FN2O5/c1-3-4-7-16-35-21-12-10-20(11-13-21)28-23-15-14-22(17-27(23)38-29(33)24(28)18-32)37-30(34)19(2)36-26-9-6-5-8-25(26)31/h5-6,8-15,17,19,28H,3-4,7,16,33H2,1-2H3. The highest BCUT2D eigenvalue weighted by Gasteiger charge is 2.31. The zero-order chi connectivity index (χ0) is 27.1. The van der Waals surface area contributed by atoms with Crippen molar-refractivity contribution in [3.8, 4) is 29.1 Å². The number of nitriles is 1. The summed E-state index contributed by atoms with van der Waals surface area (Å²) in [4.78, 5) is 12.6. The van der Waals surface area contributed by atoms with E-state index in [1.165, 1.54) is 31.2 Å². The molecule has 1 heterocycles. The minimum atomic E-state index is -1.06. The molecule has 2 N–H and O–H groups in total. The van der Waals surface area contributed by atoms with Crippen molar-refractivity contribution in [3.05, 3.63) is 95.1 Å². The third-order valence-electron chi connectivity index (χ3n) is 6.11. The zero-order valence-corrected chi connectivity index (χ0v) is 21.3. The summed E-state index contributed by atoms with van der Waals surface area (Å²) in [7, 11) is 0. The third kappa shape index (κ3) is 6.06. The van der Waals surface area contributed by atoms with Crippen LogP contribution in [0.15, 0.2) is 78.2 Å². The van der Waals surface area contributed by atoms with Crippen molar-refractivity contribution < 1.29 is 28.1 Å². The molecule has 0 aromatic heterocycles. The van der Waals surface area contributed by atoms with Crippen LogP contribution in [0.3, 0.4) is 0 Å². The Bertz CT molecular complexity index is 1360. The summed E-state index contributed by atoms with van der Waals surface area (Å²) in [5, 5.41) is 9.81. The molecule has 1 aliphatic heterocycles. The lowest BCUT2D eigenvalue weighted by Gasteiger charge is -2.27. The smallest absolute Gasteiger partial charge is 0.352 e. The molecule has 0 aliphatic carbocycles. The fraction of sp³-hybridized carbons (Fsp3) is 0.267. The van der Waals surface area contributed by atoms with Crippen LogP contribution in [-0.2, 0) is 4.79 Å². The molecular weight excluding hydrogens is 487 g/mol. The van der Waals surface area contributed by atoms with Gasteiger partial charge in [0.25, 0.3) is 0 Å². The number of unbranched alkanes of at least 4 members (excludes halogenated alkanes) is 2. The Morgan fingerprint density at radius 1 is 1.11 bits per heavy atom. The Morgan fingerprint density at radius 3 is 2.55 bits per heavy atom. The van der Waals surface area contributed by atoms with Gasteiger partial charge in [0, 0.05) is 11.6 Å². The Kier molecular flexibility index (Phi) is 8.49. The molecular formula is C30H29FN2O5. The van der Waals surface area contributed by atoms with Gasteiger partial charge in [0.1, 0.15) is 28.9 Å². The number of nitrogens with two attached hydrogens (primary N) is 1. The van der Waals surface area contributed by atoms with E-state index in [9.17, 15) is 14.4 Å². The van der Waals surface area contributed by atoms with E-state index in [0.717, 1.165) is 30.6 Å². The average molecular weight is 517 g/mol. The monoisotopic (exact) mass is 516 g/mol. The van der Waals surface area contributed by atoms with Gasteiger partial charge >= 0.3 is 5.97 Å². The maximum atomic E-state index is 13.9. The predicted octanol–water partition coefficient (Wildman–Crippen LogP) is 5.99. The summed E-state index contributed by atoms with van der Waals surface area (Å²) in [5.74, 6) is -0.520. The van der Waals surface area contributed by atoms with E-state index in [2.05, 4.69) is 13.0 Å². The lowest BCUT2D eigenvalue weighted by Crippen LogP contribution is -2.29. The van der Waals surface area contributed by atoms with Crippen molar-refractivity contribution in [3.63, 3.8) is 0 Å². The van der Waals surface area contributed by atoms with Crippen LogP contribution < -0.4 is 24.7 Å². The van der Waals surface area contributed by atoms with E-state index in [4.69, 9.17) is 24.7 Å². The first-order valence-electron chi connectivity index (χ1n) is 12.5. The highest BCUT2D eigenvalue weighted by atomic mass is 19.1. The Balaban J connectivity index is 1.51. The topological polar surface area (TPSA) is 104 Å². The summed E-state index contributed by atoms with van der Waals surface area (Å²) < 4.78 is 36.2. The number of carbonyl (C=O) groups is 1. The number of nitrogens with zero attached hydrogens (tertiary/aromatic N) is 1. The first-order chi connectivity index (χ1) is 18.4. The van der Waals surface area contributed by atoms with E-state index in [-0.39, 0.29) is 23.0 Å². The van der Waals surface area contributed by atoms with Crippen LogP contribution >= 0.6 is 0 Å². The molecule has 0 bridgehead atoms. The molecule has 0 fully saturated rings. The van der Waals surface area contributed by atoms with E-state index in [1.807, 2.05) is 24.3 Å². The predicted molar refractivity (Wildman–Crippen MR) is 139 cm³/mol. The van der Waals surface area contributed by atoms with Gasteiger partial charge in [0.05, 0.1) is 12.5 Å². The number of hydrogen-bond acceptors (Lipinski definition) is 7. The van der Waals surface area contributed by atoms with E-state index in [1.54, 1.807) is 18.2 Å². The van der Waals surface area contributed by atoms with E-state index >= 15 is 0 Å². The van der Waals surface area contributed by atoms with Gasteiger partial charge in [0.2, 0.25) is 5.88 Å². The average Bonchev–Trinajstić information content (AvgIpc) is 2.92. The molecule has 38 heavy (non-hydrogen) atoms. The maximum absolute atomic E-state index is 13.9. The number of fused-ring (bicyclic) bond motifs is 1. The minimum absolute atomic E-state index is 0.0235. The van der Waals surface area contributed by atoms with Gasteiger partial charge in [-0.25, -0.2) is 9.18 Å². The van der Waals surface area contributed by atoms with Crippen LogP contribution in [0.4, 0.5) is 4.39 Å². The normalized spacial score (nSPS) is 15.1.